The number of nitrogens with zero attached hydrogens (tertiary/aromatic N) is 2. The van der Waals surface area contributed by atoms with Crippen molar-refractivity contribution in [2.45, 2.75) is 13.5 Å². The first-order valence-electron chi connectivity index (χ1n) is 5.63. The number of anilines is 1. The zero-order valence-electron chi connectivity index (χ0n) is 10.5. The first kappa shape index (κ1) is 13.3. The summed E-state index contributed by atoms with van der Waals surface area (Å²) < 4.78 is 1.60. The van der Waals surface area contributed by atoms with Gasteiger partial charge in [0.2, 0.25) is 0 Å². The van der Waals surface area contributed by atoms with Crippen molar-refractivity contribution in [2.24, 2.45) is 0 Å². The number of aromatic nitrogens is 1. The largest absolute Gasteiger partial charge is 0.382 e. The molecule has 2 rings (SSSR count). The topological polar surface area (TPSA) is 77.2 Å². The molecule has 0 amide bonds. The molecular formula is C12H13N3O3S. The molecule has 0 unspecified atom stereocenters. The van der Waals surface area contributed by atoms with Crippen LogP contribution in [0.5, 0.6) is 0 Å². The van der Waals surface area contributed by atoms with Gasteiger partial charge in [-0.15, -0.1) is 0 Å². The predicted molar refractivity (Wildman–Crippen MR) is 75.1 cm³/mol. The van der Waals surface area contributed by atoms with Gasteiger partial charge < -0.3 is 5.32 Å². The average molecular weight is 279 g/mol. The zero-order chi connectivity index (χ0) is 14.0. The van der Waals surface area contributed by atoms with E-state index in [1.165, 1.54) is 6.07 Å². The maximum atomic E-state index is 11.7. The Morgan fingerprint density at radius 2 is 2.21 bits per heavy atom. The Balaban J connectivity index is 2.49. The van der Waals surface area contributed by atoms with Crippen LogP contribution in [0.3, 0.4) is 0 Å². The number of benzene rings is 1. The summed E-state index contributed by atoms with van der Waals surface area (Å²) in [7, 11) is 1.63. The van der Waals surface area contributed by atoms with Crippen molar-refractivity contribution >= 4 is 22.7 Å². The van der Waals surface area contributed by atoms with Crippen LogP contribution >= 0.6 is 11.3 Å². The average Bonchev–Trinajstić information content (AvgIpc) is 2.70. The van der Waals surface area contributed by atoms with E-state index in [1.807, 2.05) is 6.92 Å². The number of para-hydroxylation sites is 1. The van der Waals surface area contributed by atoms with Crippen LogP contribution in [0.1, 0.15) is 11.3 Å². The van der Waals surface area contributed by atoms with E-state index in [0.717, 1.165) is 22.6 Å². The summed E-state index contributed by atoms with van der Waals surface area (Å²) in [4.78, 5) is 22.2. The molecule has 0 radical (unpaired) electrons. The highest BCUT2D eigenvalue weighted by Gasteiger charge is 2.17. The molecule has 6 nitrogen and oxygen atoms in total. The van der Waals surface area contributed by atoms with Crippen LogP contribution in [0.25, 0.3) is 0 Å². The second kappa shape index (κ2) is 5.23. The number of rotatable bonds is 4. The maximum absolute atomic E-state index is 11.7. The van der Waals surface area contributed by atoms with Gasteiger partial charge in [-0.3, -0.25) is 19.5 Å². The fourth-order valence-electron chi connectivity index (χ4n) is 1.93. The second-order valence-electron chi connectivity index (χ2n) is 4.05. The van der Waals surface area contributed by atoms with E-state index in [1.54, 1.807) is 29.1 Å². The van der Waals surface area contributed by atoms with Crippen LogP contribution in [-0.2, 0) is 6.54 Å². The molecule has 1 heterocycles. The Morgan fingerprint density at radius 1 is 1.47 bits per heavy atom. The van der Waals surface area contributed by atoms with Gasteiger partial charge >= 0.3 is 4.87 Å². The van der Waals surface area contributed by atoms with E-state index >= 15 is 0 Å². The van der Waals surface area contributed by atoms with Gasteiger partial charge in [0.15, 0.2) is 0 Å². The lowest BCUT2D eigenvalue weighted by molar-refractivity contribution is -0.384. The zero-order valence-corrected chi connectivity index (χ0v) is 11.4. The Morgan fingerprint density at radius 3 is 2.74 bits per heavy atom. The molecule has 0 saturated heterocycles. The molecule has 1 N–H and O–H groups in total. The molecule has 0 spiro atoms. The number of nitrogens with one attached hydrogen (secondary N) is 1. The van der Waals surface area contributed by atoms with E-state index in [9.17, 15) is 14.9 Å². The van der Waals surface area contributed by atoms with Gasteiger partial charge in [-0.1, -0.05) is 23.5 Å². The highest BCUT2D eigenvalue weighted by molar-refractivity contribution is 7.07. The third-order valence-corrected chi connectivity index (χ3v) is 3.76. The Labute approximate surface area is 113 Å². The van der Waals surface area contributed by atoms with Gasteiger partial charge in [-0.05, 0) is 6.92 Å². The summed E-state index contributed by atoms with van der Waals surface area (Å²) in [6, 6.07) is 4.85. The van der Waals surface area contributed by atoms with Crippen molar-refractivity contribution < 1.29 is 4.92 Å². The number of hydrogen-bond donors (Lipinski definition) is 1. The Hall–Kier alpha value is -2.15. The monoisotopic (exact) mass is 279 g/mol. The molecule has 7 heteroatoms. The molecule has 0 saturated carbocycles. The van der Waals surface area contributed by atoms with Gasteiger partial charge in [0.1, 0.15) is 5.69 Å². The highest BCUT2D eigenvalue weighted by atomic mass is 32.1. The van der Waals surface area contributed by atoms with Gasteiger partial charge in [-0.2, -0.15) is 0 Å². The van der Waals surface area contributed by atoms with Crippen molar-refractivity contribution in [1.29, 1.82) is 0 Å². The fourth-order valence-corrected chi connectivity index (χ4v) is 2.66. The van der Waals surface area contributed by atoms with Crippen molar-refractivity contribution in [3.63, 3.8) is 0 Å². The van der Waals surface area contributed by atoms with E-state index in [2.05, 4.69) is 5.32 Å². The van der Waals surface area contributed by atoms with Crippen LogP contribution in [-0.4, -0.2) is 16.5 Å². The lowest BCUT2D eigenvalue weighted by Crippen LogP contribution is -2.16. The number of thiazole rings is 1. The van der Waals surface area contributed by atoms with Crippen LogP contribution in [0.4, 0.5) is 11.4 Å². The minimum absolute atomic E-state index is 0.0148. The summed E-state index contributed by atoms with van der Waals surface area (Å²) in [6.45, 7) is 2.17. The van der Waals surface area contributed by atoms with Crippen molar-refractivity contribution in [3.8, 4) is 0 Å². The normalized spacial score (nSPS) is 10.4. The lowest BCUT2D eigenvalue weighted by Gasteiger charge is -2.10. The van der Waals surface area contributed by atoms with Gasteiger partial charge in [0.25, 0.3) is 5.69 Å². The minimum Gasteiger partial charge on any atom is -0.382 e. The molecule has 1 aromatic heterocycles. The lowest BCUT2D eigenvalue weighted by atomic mass is 10.1. The smallest absolute Gasteiger partial charge is 0.307 e. The minimum atomic E-state index is -0.432. The summed E-state index contributed by atoms with van der Waals surface area (Å²) in [5, 5.41) is 15.6. The van der Waals surface area contributed by atoms with Crippen molar-refractivity contribution in [3.05, 3.63) is 54.6 Å². The van der Waals surface area contributed by atoms with Crippen LogP contribution in [0.2, 0.25) is 0 Å². The maximum Gasteiger partial charge on any atom is 0.307 e. The summed E-state index contributed by atoms with van der Waals surface area (Å²) in [5.74, 6) is 0. The molecule has 1 aromatic carbocycles. The first-order valence-corrected chi connectivity index (χ1v) is 6.51. The summed E-state index contributed by atoms with van der Waals surface area (Å²) in [5.41, 5.74) is 2.04. The first-order chi connectivity index (χ1) is 9.04. The van der Waals surface area contributed by atoms with Crippen molar-refractivity contribution in [1.82, 2.24) is 4.57 Å². The SMILES string of the molecule is CNc1c(Cn2c(C)csc2=O)cccc1[N+](=O)[O-]. The molecule has 0 aliphatic rings. The number of aryl methyl sites for hydroxylation is 1. The molecule has 0 bridgehead atoms. The number of nitro benzene ring substituents is 1. The van der Waals surface area contributed by atoms with Gasteiger partial charge in [-0.25, -0.2) is 0 Å². The fraction of sp³-hybridized carbons (Fsp3) is 0.250. The van der Waals surface area contributed by atoms with E-state index in [0.29, 0.717) is 12.2 Å². The third kappa shape index (κ3) is 2.50. The molecule has 0 atom stereocenters. The molecule has 19 heavy (non-hydrogen) atoms. The standard InChI is InChI=1S/C12H13N3O3S/c1-8-7-19-12(16)14(8)6-9-4-3-5-10(15(17)18)11(9)13-2/h3-5,7,13H,6H2,1-2H3. The summed E-state index contributed by atoms with van der Waals surface area (Å²) >= 11 is 1.13. The van der Waals surface area contributed by atoms with E-state index in [4.69, 9.17) is 0 Å². The van der Waals surface area contributed by atoms with Gasteiger partial charge in [0.05, 0.1) is 11.5 Å². The second-order valence-corrected chi connectivity index (χ2v) is 4.87. The molecule has 0 fully saturated rings. The Kier molecular flexibility index (Phi) is 3.66. The Bertz CT molecular complexity index is 675. The number of hydrogen-bond acceptors (Lipinski definition) is 5. The number of nitro groups is 1. The predicted octanol–water partition coefficient (Wildman–Crippen LogP) is 2.22. The van der Waals surface area contributed by atoms with Gasteiger partial charge in [0, 0.05) is 29.8 Å². The van der Waals surface area contributed by atoms with Crippen LogP contribution < -0.4 is 10.2 Å². The third-order valence-electron chi connectivity index (χ3n) is 2.88. The van der Waals surface area contributed by atoms with E-state index < -0.39 is 4.92 Å². The van der Waals surface area contributed by atoms with Crippen LogP contribution in [0.15, 0.2) is 28.4 Å². The summed E-state index contributed by atoms with van der Waals surface area (Å²) in [6.07, 6.45) is 0. The molecular weight excluding hydrogens is 266 g/mol. The highest BCUT2D eigenvalue weighted by Crippen LogP contribution is 2.28. The molecule has 2 aromatic rings. The quantitative estimate of drug-likeness (QED) is 0.687. The molecule has 0 aliphatic heterocycles. The molecule has 0 aliphatic carbocycles. The van der Waals surface area contributed by atoms with Crippen LogP contribution in [0, 0.1) is 17.0 Å². The van der Waals surface area contributed by atoms with Crippen molar-refractivity contribution in [2.75, 3.05) is 12.4 Å². The van der Waals surface area contributed by atoms with E-state index in [-0.39, 0.29) is 10.6 Å². The molecule has 100 valence electrons.